The van der Waals surface area contributed by atoms with E-state index in [-0.39, 0.29) is 23.9 Å². The van der Waals surface area contributed by atoms with Crippen LogP contribution in [0.3, 0.4) is 0 Å². The van der Waals surface area contributed by atoms with E-state index in [1.807, 2.05) is 17.0 Å². The van der Waals surface area contributed by atoms with Crippen LogP contribution >= 0.6 is 11.8 Å². The Balaban J connectivity index is 1.85. The molecule has 2 atom stereocenters. The Labute approximate surface area is 128 Å². The summed E-state index contributed by atoms with van der Waals surface area (Å²) in [6, 6.07) is 6.01. The molecule has 3 rings (SSSR count). The van der Waals surface area contributed by atoms with Gasteiger partial charge in [0.15, 0.2) is 0 Å². The lowest BCUT2D eigenvalue weighted by atomic mass is 10.0. The number of carbonyl (C=O) groups excluding carboxylic acids is 2. The van der Waals surface area contributed by atoms with E-state index in [1.54, 1.807) is 6.07 Å². The fraction of sp³-hybridized carbons (Fsp3) is 0.467. The first-order valence-corrected chi connectivity index (χ1v) is 8.16. The molecule has 1 aromatic carbocycles. The van der Waals surface area contributed by atoms with Crippen LogP contribution in [-0.4, -0.2) is 47.6 Å². The highest BCUT2D eigenvalue weighted by Crippen LogP contribution is 2.32. The minimum Gasteiger partial charge on any atom is -0.333 e. The van der Waals surface area contributed by atoms with Crippen molar-refractivity contribution in [2.75, 3.05) is 24.2 Å². The Morgan fingerprint density at radius 3 is 3.00 bits per heavy atom. The third-order valence-electron chi connectivity index (χ3n) is 4.15. The summed E-state index contributed by atoms with van der Waals surface area (Å²) >= 11 is 1.51. The molecule has 0 aliphatic carbocycles. The van der Waals surface area contributed by atoms with Gasteiger partial charge in [0.1, 0.15) is 0 Å². The van der Waals surface area contributed by atoms with Crippen LogP contribution in [0.2, 0.25) is 0 Å². The van der Waals surface area contributed by atoms with Crippen molar-refractivity contribution in [3.05, 3.63) is 23.8 Å². The zero-order valence-electron chi connectivity index (χ0n) is 12.2. The third kappa shape index (κ3) is 2.78. The van der Waals surface area contributed by atoms with Crippen molar-refractivity contribution in [1.82, 2.24) is 10.2 Å². The van der Waals surface area contributed by atoms with Crippen molar-refractivity contribution in [2.45, 2.75) is 30.8 Å². The van der Waals surface area contributed by atoms with E-state index in [2.05, 4.69) is 24.5 Å². The minimum atomic E-state index is -0.0127. The summed E-state index contributed by atoms with van der Waals surface area (Å²) in [5, 5.41) is 6.20. The number of nitrogens with one attached hydrogen (secondary N) is 2. The average molecular weight is 305 g/mol. The first-order chi connectivity index (χ1) is 10.1. The summed E-state index contributed by atoms with van der Waals surface area (Å²) in [6.45, 7) is 5.68. The first-order valence-electron chi connectivity index (χ1n) is 7.17. The maximum absolute atomic E-state index is 12.7. The summed E-state index contributed by atoms with van der Waals surface area (Å²) < 4.78 is 0. The van der Waals surface area contributed by atoms with Gasteiger partial charge in [-0.2, -0.15) is 0 Å². The van der Waals surface area contributed by atoms with Gasteiger partial charge < -0.3 is 15.5 Å². The van der Waals surface area contributed by atoms with Gasteiger partial charge in [0.05, 0.1) is 11.4 Å². The molecule has 0 spiro atoms. The third-order valence-corrected chi connectivity index (χ3v) is 5.23. The second-order valence-electron chi connectivity index (χ2n) is 5.53. The molecule has 2 aliphatic heterocycles. The molecule has 2 amide bonds. The number of rotatable bonds is 1. The average Bonchev–Trinajstić information content (AvgIpc) is 2.48. The predicted molar refractivity (Wildman–Crippen MR) is 83.8 cm³/mol. The zero-order chi connectivity index (χ0) is 15.0. The zero-order valence-corrected chi connectivity index (χ0v) is 13.0. The summed E-state index contributed by atoms with van der Waals surface area (Å²) in [7, 11) is 0. The van der Waals surface area contributed by atoms with Gasteiger partial charge in [-0.05, 0) is 32.0 Å². The maximum Gasteiger partial charge on any atom is 0.254 e. The Bertz CT molecular complexity index is 590. The number of hydrogen-bond acceptors (Lipinski definition) is 4. The van der Waals surface area contributed by atoms with Crippen molar-refractivity contribution in [3.8, 4) is 0 Å². The topological polar surface area (TPSA) is 61.4 Å². The summed E-state index contributed by atoms with van der Waals surface area (Å²) in [6.07, 6.45) is 0. The van der Waals surface area contributed by atoms with Crippen LogP contribution in [0.1, 0.15) is 24.2 Å². The molecule has 2 unspecified atom stereocenters. The van der Waals surface area contributed by atoms with E-state index in [1.165, 1.54) is 11.8 Å². The maximum atomic E-state index is 12.7. The molecule has 1 aromatic rings. The highest BCUT2D eigenvalue weighted by molar-refractivity contribution is 8.00. The quantitative estimate of drug-likeness (QED) is 0.826. The van der Waals surface area contributed by atoms with Crippen molar-refractivity contribution in [3.63, 3.8) is 0 Å². The van der Waals surface area contributed by atoms with Crippen LogP contribution in [0.5, 0.6) is 0 Å². The molecule has 5 nitrogen and oxygen atoms in total. The molecule has 2 N–H and O–H groups in total. The Kier molecular flexibility index (Phi) is 3.91. The lowest BCUT2D eigenvalue weighted by Gasteiger charge is -2.38. The van der Waals surface area contributed by atoms with Crippen molar-refractivity contribution in [2.24, 2.45) is 0 Å². The smallest absolute Gasteiger partial charge is 0.254 e. The van der Waals surface area contributed by atoms with Crippen molar-refractivity contribution in [1.29, 1.82) is 0 Å². The Morgan fingerprint density at radius 2 is 2.19 bits per heavy atom. The molecule has 2 heterocycles. The predicted octanol–water partition coefficient (Wildman–Crippen LogP) is 1.55. The number of piperazine rings is 1. The van der Waals surface area contributed by atoms with Gasteiger partial charge in [-0.1, -0.05) is 0 Å². The van der Waals surface area contributed by atoms with Crippen molar-refractivity contribution < 1.29 is 9.59 Å². The summed E-state index contributed by atoms with van der Waals surface area (Å²) in [5.41, 5.74) is 1.38. The molecule has 0 radical (unpaired) electrons. The van der Waals surface area contributed by atoms with E-state index in [0.29, 0.717) is 17.9 Å². The number of benzene rings is 1. The number of thioether (sulfide) groups is 1. The van der Waals surface area contributed by atoms with Crippen LogP contribution in [-0.2, 0) is 4.79 Å². The normalized spacial score (nSPS) is 25.2. The van der Waals surface area contributed by atoms with Crippen molar-refractivity contribution >= 4 is 29.3 Å². The Hall–Kier alpha value is -1.53. The van der Waals surface area contributed by atoms with E-state index in [9.17, 15) is 9.59 Å². The highest BCUT2D eigenvalue weighted by atomic mass is 32.2. The van der Waals surface area contributed by atoms with Crippen LogP contribution < -0.4 is 10.6 Å². The molecule has 112 valence electrons. The molecule has 1 saturated heterocycles. The van der Waals surface area contributed by atoms with E-state index >= 15 is 0 Å². The Morgan fingerprint density at radius 1 is 1.38 bits per heavy atom. The number of anilines is 1. The van der Waals surface area contributed by atoms with Gasteiger partial charge in [0.2, 0.25) is 5.91 Å². The van der Waals surface area contributed by atoms with E-state index in [4.69, 9.17) is 0 Å². The lowest BCUT2D eigenvalue weighted by molar-refractivity contribution is -0.113. The van der Waals surface area contributed by atoms with Gasteiger partial charge in [0, 0.05) is 35.6 Å². The second-order valence-corrected chi connectivity index (χ2v) is 6.55. The molecular weight excluding hydrogens is 286 g/mol. The molecule has 0 saturated carbocycles. The number of carbonyl (C=O) groups is 2. The molecule has 6 heteroatoms. The van der Waals surface area contributed by atoms with E-state index < -0.39 is 0 Å². The molecule has 2 aliphatic rings. The number of fused-ring (bicyclic) bond motifs is 1. The fourth-order valence-corrected chi connectivity index (χ4v) is 3.51. The lowest BCUT2D eigenvalue weighted by Crippen LogP contribution is -2.57. The van der Waals surface area contributed by atoms with Gasteiger partial charge in [-0.25, -0.2) is 0 Å². The van der Waals surface area contributed by atoms with Gasteiger partial charge in [-0.3, -0.25) is 9.59 Å². The SMILES string of the molecule is CC1NCCN(C(=O)c2ccc3c(c2)NC(=O)CS3)C1C. The van der Waals surface area contributed by atoms with Crippen LogP contribution in [0.25, 0.3) is 0 Å². The first kappa shape index (κ1) is 14.4. The van der Waals surface area contributed by atoms with E-state index in [0.717, 1.165) is 17.1 Å². The fourth-order valence-electron chi connectivity index (χ4n) is 2.73. The van der Waals surface area contributed by atoms with Crippen LogP contribution in [0.4, 0.5) is 5.69 Å². The highest BCUT2D eigenvalue weighted by Gasteiger charge is 2.29. The minimum absolute atomic E-state index is 0.0127. The molecular formula is C15H19N3O2S. The van der Waals surface area contributed by atoms with Gasteiger partial charge in [-0.15, -0.1) is 11.8 Å². The van der Waals surface area contributed by atoms with Gasteiger partial charge >= 0.3 is 0 Å². The molecule has 0 aromatic heterocycles. The monoisotopic (exact) mass is 305 g/mol. The number of nitrogens with zero attached hydrogens (tertiary/aromatic N) is 1. The van der Waals surface area contributed by atoms with Crippen LogP contribution in [0, 0.1) is 0 Å². The largest absolute Gasteiger partial charge is 0.333 e. The standard InChI is InChI=1S/C15H19N3O2S/c1-9-10(2)18(6-5-16-9)15(20)11-3-4-13-12(7-11)17-14(19)8-21-13/h3-4,7,9-10,16H,5-6,8H2,1-2H3,(H,17,19). The molecule has 0 bridgehead atoms. The second kappa shape index (κ2) is 5.69. The summed E-state index contributed by atoms with van der Waals surface area (Å²) in [5.74, 6) is 0.455. The molecule has 1 fully saturated rings. The summed E-state index contributed by atoms with van der Waals surface area (Å²) in [4.78, 5) is 27.1. The molecule has 21 heavy (non-hydrogen) atoms. The van der Waals surface area contributed by atoms with Gasteiger partial charge in [0.25, 0.3) is 5.91 Å². The number of hydrogen-bond donors (Lipinski definition) is 2. The van der Waals surface area contributed by atoms with Crippen LogP contribution in [0.15, 0.2) is 23.1 Å². The number of amides is 2.